The van der Waals surface area contributed by atoms with Gasteiger partial charge in [0.1, 0.15) is 11.9 Å². The minimum absolute atomic E-state index is 0.234. The number of cyclic esters (lactones) is 1. The summed E-state index contributed by atoms with van der Waals surface area (Å²) in [4.78, 5) is 24.9. The van der Waals surface area contributed by atoms with Crippen LogP contribution in [0.3, 0.4) is 0 Å². The van der Waals surface area contributed by atoms with Crippen LogP contribution in [0.2, 0.25) is 0 Å². The molecule has 0 bridgehead atoms. The van der Waals surface area contributed by atoms with Gasteiger partial charge in [0.25, 0.3) is 0 Å². The first-order valence-corrected chi connectivity index (χ1v) is 9.13. The number of benzene rings is 3. The summed E-state index contributed by atoms with van der Waals surface area (Å²) in [6, 6.07) is 20.3. The highest BCUT2D eigenvalue weighted by Crippen LogP contribution is 2.28. The van der Waals surface area contributed by atoms with Crippen molar-refractivity contribution in [2.24, 2.45) is 0 Å². The van der Waals surface area contributed by atoms with Crippen LogP contribution in [0.15, 0.2) is 72.8 Å². The van der Waals surface area contributed by atoms with Crippen molar-refractivity contribution in [3.05, 3.63) is 95.3 Å². The Hall–Kier alpha value is -3.67. The summed E-state index contributed by atoms with van der Waals surface area (Å²) in [5.41, 5.74) is 3.63. The summed E-state index contributed by atoms with van der Waals surface area (Å²) in [5.74, 6) is -1.30. The van der Waals surface area contributed by atoms with Gasteiger partial charge in [-0.2, -0.15) is 0 Å². The van der Waals surface area contributed by atoms with Crippen LogP contribution in [0.1, 0.15) is 27.6 Å². The van der Waals surface area contributed by atoms with Crippen LogP contribution in [0.4, 0.5) is 9.18 Å². The van der Waals surface area contributed by atoms with E-state index in [9.17, 15) is 14.0 Å². The predicted octanol–water partition coefficient (Wildman–Crippen LogP) is 4.88. The molecule has 0 saturated carbocycles. The smallest absolute Gasteiger partial charge is 0.410 e. The topological polar surface area (TPSA) is 66.8 Å². The minimum Gasteiger partial charge on any atom is -0.478 e. The zero-order valence-corrected chi connectivity index (χ0v) is 15.4. The molecule has 1 amide bonds. The van der Waals surface area contributed by atoms with E-state index in [1.165, 1.54) is 12.1 Å². The lowest BCUT2D eigenvalue weighted by atomic mass is 10.0. The lowest BCUT2D eigenvalue weighted by molar-refractivity contribution is 0.0697. The highest BCUT2D eigenvalue weighted by Gasteiger charge is 2.32. The van der Waals surface area contributed by atoms with Gasteiger partial charge >= 0.3 is 12.1 Å². The Balaban J connectivity index is 1.45. The first-order valence-electron chi connectivity index (χ1n) is 9.13. The number of hydrogen-bond donors (Lipinski definition) is 1. The number of carbonyl (C=O) groups is 2. The van der Waals surface area contributed by atoms with Gasteiger partial charge in [0.15, 0.2) is 0 Å². The average Bonchev–Trinajstić information content (AvgIpc) is 3.09. The van der Waals surface area contributed by atoms with Gasteiger partial charge in [-0.1, -0.05) is 48.5 Å². The molecule has 4 rings (SSSR count). The van der Waals surface area contributed by atoms with Crippen LogP contribution in [-0.4, -0.2) is 28.6 Å². The van der Waals surface area contributed by atoms with Gasteiger partial charge in [0.05, 0.1) is 12.1 Å². The van der Waals surface area contributed by atoms with Crippen LogP contribution in [-0.2, 0) is 11.3 Å². The third-order valence-electron chi connectivity index (χ3n) is 4.90. The van der Waals surface area contributed by atoms with Crippen molar-refractivity contribution in [1.29, 1.82) is 0 Å². The first-order chi connectivity index (χ1) is 14.0. The summed E-state index contributed by atoms with van der Waals surface area (Å²) < 4.78 is 18.5. The van der Waals surface area contributed by atoms with Crippen molar-refractivity contribution in [2.45, 2.75) is 12.6 Å². The number of nitrogens with zero attached hydrogens (tertiary/aromatic N) is 1. The zero-order chi connectivity index (χ0) is 20.4. The summed E-state index contributed by atoms with van der Waals surface area (Å²) in [6.07, 6.45) is -0.821. The van der Waals surface area contributed by atoms with E-state index in [0.717, 1.165) is 22.3 Å². The van der Waals surface area contributed by atoms with Gasteiger partial charge in [-0.15, -0.1) is 0 Å². The Bertz CT molecular complexity index is 1050. The number of rotatable bonds is 5. The van der Waals surface area contributed by atoms with Crippen LogP contribution < -0.4 is 0 Å². The molecule has 0 unspecified atom stereocenters. The number of halogens is 1. The maximum absolute atomic E-state index is 13.1. The molecular formula is C23H18FNO4. The SMILES string of the molecule is O=C(O)c1cccc(-c2ccc(CN3C[C@@H](c4ccc(F)cc4)OC3=O)cc2)c1. The second-order valence-corrected chi connectivity index (χ2v) is 6.89. The molecule has 3 aromatic carbocycles. The maximum atomic E-state index is 13.1. The van der Waals surface area contributed by atoms with Crippen LogP contribution in [0.5, 0.6) is 0 Å². The quantitative estimate of drug-likeness (QED) is 0.673. The Labute approximate surface area is 167 Å². The van der Waals surface area contributed by atoms with Gasteiger partial charge < -0.3 is 9.84 Å². The molecule has 0 spiro atoms. The molecule has 0 radical (unpaired) electrons. The average molecular weight is 391 g/mol. The molecule has 0 aromatic heterocycles. The molecule has 6 heteroatoms. The maximum Gasteiger partial charge on any atom is 0.410 e. The Kier molecular flexibility index (Phi) is 4.99. The van der Waals surface area contributed by atoms with Gasteiger partial charge in [0.2, 0.25) is 0 Å². The molecule has 146 valence electrons. The number of carboxylic acid groups (broad SMARTS) is 1. The highest BCUT2D eigenvalue weighted by molar-refractivity contribution is 5.89. The fraction of sp³-hybridized carbons (Fsp3) is 0.130. The van der Waals surface area contributed by atoms with E-state index in [1.54, 1.807) is 35.2 Å². The lowest BCUT2D eigenvalue weighted by Crippen LogP contribution is -2.23. The lowest BCUT2D eigenvalue weighted by Gasteiger charge is -2.13. The summed E-state index contributed by atoms with van der Waals surface area (Å²) in [7, 11) is 0. The molecule has 1 aliphatic rings. The first kappa shape index (κ1) is 18.7. The van der Waals surface area contributed by atoms with E-state index in [1.807, 2.05) is 30.3 Å². The third kappa shape index (κ3) is 4.11. The molecule has 3 aromatic rings. The third-order valence-corrected chi connectivity index (χ3v) is 4.90. The number of amides is 1. The minimum atomic E-state index is -0.966. The van der Waals surface area contributed by atoms with Gasteiger partial charge in [-0.25, -0.2) is 14.0 Å². The van der Waals surface area contributed by atoms with E-state index in [4.69, 9.17) is 9.84 Å². The van der Waals surface area contributed by atoms with Gasteiger partial charge in [-0.05, 0) is 46.5 Å². The van der Waals surface area contributed by atoms with Crippen molar-refractivity contribution in [2.75, 3.05) is 6.54 Å². The van der Waals surface area contributed by atoms with Crippen molar-refractivity contribution in [1.82, 2.24) is 4.90 Å². The summed E-state index contributed by atoms with van der Waals surface area (Å²) >= 11 is 0. The predicted molar refractivity (Wildman–Crippen MR) is 105 cm³/mol. The Morgan fingerprint density at radius 2 is 1.76 bits per heavy atom. The van der Waals surface area contributed by atoms with Gasteiger partial charge in [0, 0.05) is 6.54 Å². The van der Waals surface area contributed by atoms with Crippen LogP contribution in [0.25, 0.3) is 11.1 Å². The number of hydrogen-bond acceptors (Lipinski definition) is 3. The largest absolute Gasteiger partial charge is 0.478 e. The van der Waals surface area contributed by atoms with Crippen LogP contribution in [0, 0.1) is 5.82 Å². The number of aromatic carboxylic acids is 1. The number of ether oxygens (including phenoxy) is 1. The van der Waals surface area contributed by atoms with E-state index in [-0.39, 0.29) is 11.4 Å². The molecule has 1 fully saturated rings. The number of carboxylic acids is 1. The molecule has 1 N–H and O–H groups in total. The Morgan fingerprint density at radius 3 is 2.45 bits per heavy atom. The van der Waals surface area contributed by atoms with Gasteiger partial charge in [-0.3, -0.25) is 4.90 Å². The summed E-state index contributed by atoms with van der Waals surface area (Å²) in [5, 5.41) is 9.13. The zero-order valence-electron chi connectivity index (χ0n) is 15.4. The van der Waals surface area contributed by atoms with Crippen molar-refractivity contribution in [3.63, 3.8) is 0 Å². The molecule has 1 saturated heterocycles. The van der Waals surface area contributed by atoms with E-state index >= 15 is 0 Å². The van der Waals surface area contributed by atoms with E-state index in [0.29, 0.717) is 13.1 Å². The fourth-order valence-electron chi connectivity index (χ4n) is 3.34. The normalized spacial score (nSPS) is 16.0. The molecule has 1 aliphatic heterocycles. The van der Waals surface area contributed by atoms with E-state index < -0.39 is 18.2 Å². The fourth-order valence-corrected chi connectivity index (χ4v) is 3.34. The Morgan fingerprint density at radius 1 is 1.03 bits per heavy atom. The molecular weight excluding hydrogens is 373 g/mol. The molecule has 1 atom stereocenters. The standard InChI is InChI=1S/C23H18FNO4/c24-20-10-8-17(9-11-20)21-14-25(23(28)29-21)13-15-4-6-16(7-5-15)18-2-1-3-19(12-18)22(26)27/h1-12,21H,13-14H2,(H,26,27)/t21-/m0/s1. The van der Waals surface area contributed by atoms with Crippen molar-refractivity contribution >= 4 is 12.1 Å². The second-order valence-electron chi connectivity index (χ2n) is 6.89. The molecule has 29 heavy (non-hydrogen) atoms. The van der Waals surface area contributed by atoms with Crippen molar-refractivity contribution < 1.29 is 23.8 Å². The van der Waals surface area contributed by atoms with Crippen molar-refractivity contribution in [3.8, 4) is 11.1 Å². The second kappa shape index (κ2) is 7.75. The van der Waals surface area contributed by atoms with E-state index in [2.05, 4.69) is 0 Å². The number of carbonyl (C=O) groups excluding carboxylic acids is 1. The molecule has 1 heterocycles. The summed E-state index contributed by atoms with van der Waals surface area (Å²) in [6.45, 7) is 0.791. The highest BCUT2D eigenvalue weighted by atomic mass is 19.1. The molecule has 0 aliphatic carbocycles. The van der Waals surface area contributed by atoms with Crippen LogP contribution >= 0.6 is 0 Å². The monoisotopic (exact) mass is 391 g/mol. The molecule has 5 nitrogen and oxygen atoms in total.